The fraction of sp³-hybridized carbons (Fsp3) is 0. The number of carbonyl (C=O) groups excluding carboxylic acids is 1. The number of hydrogen-bond acceptors (Lipinski definition) is 2. The van der Waals surface area contributed by atoms with Crippen LogP contribution in [-0.2, 0) is 0 Å². The molecule has 0 spiro atoms. The number of benzene rings is 1. The number of nitrogens with two attached hydrogens (primary N) is 1. The van der Waals surface area contributed by atoms with E-state index in [9.17, 15) is 9.18 Å². The van der Waals surface area contributed by atoms with E-state index in [1.54, 1.807) is 0 Å². The smallest absolute Gasteiger partial charge is 0.409 e. The third kappa shape index (κ3) is 2.80. The number of rotatable bonds is 1. The molecular weight excluding hydrogens is 356 g/mol. The summed E-state index contributed by atoms with van der Waals surface area (Å²) in [5.74, 6) is -0.384. The topological polar surface area (TPSA) is 52.3 Å². The summed E-state index contributed by atoms with van der Waals surface area (Å²) in [6.07, 6.45) is -0.959. The molecule has 13 heavy (non-hydrogen) atoms. The summed E-state index contributed by atoms with van der Waals surface area (Å²) in [6, 6.07) is 2.59. The van der Waals surface area contributed by atoms with Crippen LogP contribution in [0.3, 0.4) is 0 Å². The first-order chi connectivity index (χ1) is 6.00. The summed E-state index contributed by atoms with van der Waals surface area (Å²) in [5.41, 5.74) is 4.78. The van der Waals surface area contributed by atoms with Crippen LogP contribution < -0.4 is 10.5 Å². The SMILES string of the molecule is NC(=O)Oc1cc(F)c(Br)cc1I. The average molecular weight is 360 g/mol. The summed E-state index contributed by atoms with van der Waals surface area (Å²) < 4.78 is 18.4. The average Bonchev–Trinajstić information content (AvgIpc) is 1.99. The van der Waals surface area contributed by atoms with Crippen molar-refractivity contribution in [1.29, 1.82) is 0 Å². The summed E-state index contributed by atoms with van der Waals surface area (Å²) in [5, 5.41) is 0. The van der Waals surface area contributed by atoms with Gasteiger partial charge in [-0.1, -0.05) is 0 Å². The van der Waals surface area contributed by atoms with E-state index in [1.807, 2.05) is 22.6 Å². The van der Waals surface area contributed by atoms with Crippen molar-refractivity contribution in [1.82, 2.24) is 0 Å². The molecule has 0 radical (unpaired) electrons. The quantitative estimate of drug-likeness (QED) is 0.619. The maximum atomic E-state index is 12.9. The second-order valence-corrected chi connectivity index (χ2v) is 4.13. The normalized spacial score (nSPS) is 9.77. The first-order valence-corrected chi connectivity index (χ1v) is 4.99. The summed E-state index contributed by atoms with van der Waals surface area (Å²) in [6.45, 7) is 0. The van der Waals surface area contributed by atoms with Gasteiger partial charge in [0.2, 0.25) is 0 Å². The van der Waals surface area contributed by atoms with Gasteiger partial charge in [0.1, 0.15) is 11.6 Å². The molecule has 0 aromatic heterocycles. The second kappa shape index (κ2) is 4.23. The second-order valence-electron chi connectivity index (χ2n) is 2.12. The van der Waals surface area contributed by atoms with E-state index in [0.29, 0.717) is 8.04 Å². The van der Waals surface area contributed by atoms with Crippen LogP contribution >= 0.6 is 38.5 Å². The Kier molecular flexibility index (Phi) is 3.48. The molecule has 3 nitrogen and oxygen atoms in total. The van der Waals surface area contributed by atoms with E-state index in [4.69, 9.17) is 5.73 Å². The number of hydrogen-bond donors (Lipinski definition) is 1. The van der Waals surface area contributed by atoms with Crippen molar-refractivity contribution in [2.75, 3.05) is 0 Å². The van der Waals surface area contributed by atoms with Crippen LogP contribution in [-0.4, -0.2) is 6.09 Å². The Bertz CT molecular complexity index is 359. The number of ether oxygens (including phenoxy) is 1. The van der Waals surface area contributed by atoms with E-state index in [0.717, 1.165) is 6.07 Å². The van der Waals surface area contributed by atoms with Crippen molar-refractivity contribution < 1.29 is 13.9 Å². The Morgan fingerprint density at radius 3 is 2.77 bits per heavy atom. The molecule has 6 heteroatoms. The van der Waals surface area contributed by atoms with Crippen molar-refractivity contribution in [2.24, 2.45) is 5.73 Å². The molecule has 0 saturated heterocycles. The Morgan fingerprint density at radius 2 is 2.23 bits per heavy atom. The van der Waals surface area contributed by atoms with Gasteiger partial charge >= 0.3 is 6.09 Å². The van der Waals surface area contributed by atoms with Crippen LogP contribution in [0, 0.1) is 9.39 Å². The third-order valence-corrected chi connectivity index (χ3v) is 2.64. The van der Waals surface area contributed by atoms with E-state index in [1.165, 1.54) is 6.07 Å². The summed E-state index contributed by atoms with van der Waals surface area (Å²) >= 11 is 4.90. The lowest BCUT2D eigenvalue weighted by Crippen LogP contribution is -2.16. The minimum Gasteiger partial charge on any atom is -0.409 e. The van der Waals surface area contributed by atoms with Gasteiger partial charge in [0.05, 0.1) is 8.04 Å². The minimum absolute atomic E-state index is 0.119. The molecule has 0 saturated carbocycles. The Morgan fingerprint density at radius 1 is 1.62 bits per heavy atom. The van der Waals surface area contributed by atoms with Crippen molar-refractivity contribution in [2.45, 2.75) is 0 Å². The van der Waals surface area contributed by atoms with Crippen molar-refractivity contribution >= 4 is 44.6 Å². The molecule has 0 aliphatic carbocycles. The van der Waals surface area contributed by atoms with Gasteiger partial charge in [0.15, 0.2) is 0 Å². The standard InChI is InChI=1S/C7H4BrFINO2/c8-3-1-5(10)6(2-4(3)9)13-7(11)12/h1-2H,(H2,11,12). The molecule has 0 bridgehead atoms. The third-order valence-electron chi connectivity index (χ3n) is 1.19. The number of amides is 1. The molecule has 1 aromatic carbocycles. The predicted molar refractivity (Wildman–Crippen MR) is 57.0 cm³/mol. The molecular formula is C7H4BrFINO2. The maximum absolute atomic E-state index is 12.9. The van der Waals surface area contributed by atoms with Crippen LogP contribution in [0.4, 0.5) is 9.18 Å². The predicted octanol–water partition coefficient (Wildman–Crippen LogP) is 2.65. The van der Waals surface area contributed by atoms with Crippen LogP contribution in [0.1, 0.15) is 0 Å². The van der Waals surface area contributed by atoms with Crippen LogP contribution in [0.5, 0.6) is 5.75 Å². The van der Waals surface area contributed by atoms with E-state index in [-0.39, 0.29) is 5.75 Å². The van der Waals surface area contributed by atoms with Gasteiger partial charge in [-0.25, -0.2) is 9.18 Å². The molecule has 1 rings (SSSR count). The molecule has 0 aliphatic rings. The lowest BCUT2D eigenvalue weighted by Gasteiger charge is -2.04. The van der Waals surface area contributed by atoms with Crippen LogP contribution in [0.2, 0.25) is 0 Å². The van der Waals surface area contributed by atoms with Gasteiger partial charge in [-0.3, -0.25) is 0 Å². The molecule has 1 aromatic rings. The maximum Gasteiger partial charge on any atom is 0.410 e. The summed E-state index contributed by atoms with van der Waals surface area (Å²) in [7, 11) is 0. The molecule has 70 valence electrons. The van der Waals surface area contributed by atoms with Gasteiger partial charge in [-0.05, 0) is 44.6 Å². The minimum atomic E-state index is -0.959. The van der Waals surface area contributed by atoms with Crippen molar-refractivity contribution in [3.8, 4) is 5.75 Å². The molecule has 2 N–H and O–H groups in total. The van der Waals surface area contributed by atoms with Gasteiger partial charge in [0, 0.05) is 6.07 Å². The first kappa shape index (κ1) is 10.7. The highest BCUT2D eigenvalue weighted by Gasteiger charge is 2.09. The Hall–Kier alpha value is -0.370. The fourth-order valence-electron chi connectivity index (χ4n) is 0.691. The number of carbonyl (C=O) groups is 1. The highest BCUT2D eigenvalue weighted by Crippen LogP contribution is 2.27. The van der Waals surface area contributed by atoms with Crippen LogP contribution in [0.15, 0.2) is 16.6 Å². The van der Waals surface area contributed by atoms with E-state index in [2.05, 4.69) is 20.7 Å². The molecule has 1 amide bonds. The summed E-state index contributed by atoms with van der Waals surface area (Å²) in [4.78, 5) is 10.4. The lowest BCUT2D eigenvalue weighted by atomic mass is 10.3. The highest BCUT2D eigenvalue weighted by atomic mass is 127. The largest absolute Gasteiger partial charge is 0.410 e. The van der Waals surface area contributed by atoms with E-state index < -0.39 is 11.9 Å². The zero-order valence-corrected chi connectivity index (χ0v) is 9.93. The highest BCUT2D eigenvalue weighted by molar-refractivity contribution is 14.1. The van der Waals surface area contributed by atoms with Crippen molar-refractivity contribution in [3.05, 3.63) is 26.0 Å². The zero-order chi connectivity index (χ0) is 10.0. The fourth-order valence-corrected chi connectivity index (χ4v) is 2.04. The van der Waals surface area contributed by atoms with Crippen molar-refractivity contribution in [3.63, 3.8) is 0 Å². The first-order valence-electron chi connectivity index (χ1n) is 3.12. The van der Waals surface area contributed by atoms with Gasteiger partial charge in [0.25, 0.3) is 0 Å². The Labute approximate surface area is 95.7 Å². The Balaban J connectivity index is 3.08. The number of halogens is 3. The van der Waals surface area contributed by atoms with Gasteiger partial charge in [-0.15, -0.1) is 0 Å². The molecule has 0 fully saturated rings. The lowest BCUT2D eigenvalue weighted by molar-refractivity contribution is 0.210. The zero-order valence-electron chi connectivity index (χ0n) is 6.18. The molecule has 0 atom stereocenters. The van der Waals surface area contributed by atoms with E-state index >= 15 is 0 Å². The number of primary amides is 1. The van der Waals surface area contributed by atoms with Gasteiger partial charge in [-0.2, -0.15) is 0 Å². The van der Waals surface area contributed by atoms with Crippen LogP contribution in [0.25, 0.3) is 0 Å². The molecule has 0 aliphatic heterocycles. The monoisotopic (exact) mass is 359 g/mol. The van der Waals surface area contributed by atoms with Gasteiger partial charge < -0.3 is 10.5 Å². The molecule has 0 heterocycles. The molecule has 0 unspecified atom stereocenters.